The van der Waals surface area contributed by atoms with Gasteiger partial charge in [-0.15, -0.1) is 0 Å². The minimum atomic E-state index is 0.791. The maximum atomic E-state index is 3.20. The third-order valence-electron chi connectivity index (χ3n) is 4.49. The van der Waals surface area contributed by atoms with Gasteiger partial charge in [-0.3, -0.25) is 4.90 Å². The van der Waals surface area contributed by atoms with Crippen LogP contribution in [0.4, 0.5) is 5.69 Å². The predicted molar refractivity (Wildman–Crippen MR) is 80.6 cm³/mol. The topological polar surface area (TPSA) is 18.5 Å². The average molecular weight is 259 g/mol. The Balaban J connectivity index is 1.70. The molecule has 1 N–H and O–H groups in total. The Morgan fingerprint density at radius 3 is 2.68 bits per heavy atom. The number of hydrogen-bond acceptors (Lipinski definition) is 3. The van der Waals surface area contributed by atoms with E-state index in [4.69, 9.17) is 0 Å². The van der Waals surface area contributed by atoms with Gasteiger partial charge in [-0.2, -0.15) is 0 Å². The Morgan fingerprint density at radius 2 is 1.89 bits per heavy atom. The smallest absolute Gasteiger partial charge is 0.0366 e. The van der Waals surface area contributed by atoms with Gasteiger partial charge in [0.15, 0.2) is 0 Å². The fraction of sp³-hybridized carbons (Fsp3) is 0.625. The van der Waals surface area contributed by atoms with Gasteiger partial charge < -0.3 is 10.2 Å². The minimum absolute atomic E-state index is 0.791. The van der Waals surface area contributed by atoms with Gasteiger partial charge in [-0.1, -0.05) is 12.1 Å². The summed E-state index contributed by atoms with van der Waals surface area (Å²) in [5.74, 6) is 0. The van der Waals surface area contributed by atoms with Crippen LogP contribution in [-0.2, 0) is 6.54 Å². The van der Waals surface area contributed by atoms with E-state index in [1.54, 1.807) is 0 Å². The van der Waals surface area contributed by atoms with Crippen LogP contribution in [-0.4, -0.2) is 44.2 Å². The Bertz CT molecular complexity index is 401. The summed E-state index contributed by atoms with van der Waals surface area (Å²) in [6.07, 6.45) is 4.07. The Hall–Kier alpha value is -1.06. The molecule has 2 saturated heterocycles. The van der Waals surface area contributed by atoms with E-state index < -0.39 is 0 Å². The van der Waals surface area contributed by atoms with Crippen LogP contribution in [0.1, 0.15) is 24.8 Å². The third kappa shape index (κ3) is 2.93. The van der Waals surface area contributed by atoms with Gasteiger partial charge in [0.05, 0.1) is 0 Å². The highest BCUT2D eigenvalue weighted by molar-refractivity contribution is 5.48. The molecule has 0 aromatic heterocycles. The van der Waals surface area contributed by atoms with Crippen LogP contribution in [0.5, 0.6) is 0 Å². The van der Waals surface area contributed by atoms with Crippen LogP contribution >= 0.6 is 0 Å². The van der Waals surface area contributed by atoms with Crippen LogP contribution in [0, 0.1) is 0 Å². The van der Waals surface area contributed by atoms with Crippen molar-refractivity contribution >= 4 is 5.69 Å². The summed E-state index contributed by atoms with van der Waals surface area (Å²) in [5.41, 5.74) is 2.76. The molecule has 0 spiro atoms. The molecule has 3 nitrogen and oxygen atoms in total. The maximum Gasteiger partial charge on any atom is 0.0366 e. The quantitative estimate of drug-likeness (QED) is 0.896. The van der Waals surface area contributed by atoms with E-state index in [1.165, 1.54) is 56.7 Å². The fourth-order valence-corrected chi connectivity index (χ4v) is 3.47. The molecule has 0 aliphatic carbocycles. The van der Waals surface area contributed by atoms with Crippen molar-refractivity contribution in [3.05, 3.63) is 29.8 Å². The lowest BCUT2D eigenvalue weighted by Crippen LogP contribution is -2.36. The number of nitrogens with zero attached hydrogens (tertiary/aromatic N) is 2. The van der Waals surface area contributed by atoms with Crippen LogP contribution in [0.25, 0.3) is 0 Å². The second-order valence-electron chi connectivity index (χ2n) is 5.83. The van der Waals surface area contributed by atoms with Crippen molar-refractivity contribution in [3.63, 3.8) is 0 Å². The molecule has 0 bridgehead atoms. The molecule has 0 amide bonds. The van der Waals surface area contributed by atoms with Crippen molar-refractivity contribution in [3.8, 4) is 0 Å². The highest BCUT2D eigenvalue weighted by atomic mass is 15.3. The fourth-order valence-electron chi connectivity index (χ4n) is 3.47. The molecule has 104 valence electrons. The molecule has 0 radical (unpaired) electrons. The van der Waals surface area contributed by atoms with Crippen molar-refractivity contribution < 1.29 is 0 Å². The summed E-state index contributed by atoms with van der Waals surface area (Å²) in [6.45, 7) is 5.99. The summed E-state index contributed by atoms with van der Waals surface area (Å²) >= 11 is 0. The zero-order valence-electron chi connectivity index (χ0n) is 11.9. The molecule has 19 heavy (non-hydrogen) atoms. The van der Waals surface area contributed by atoms with Gasteiger partial charge in [0.2, 0.25) is 0 Å². The van der Waals surface area contributed by atoms with Crippen LogP contribution < -0.4 is 10.2 Å². The summed E-state index contributed by atoms with van der Waals surface area (Å²) in [5, 5.41) is 3.20. The summed E-state index contributed by atoms with van der Waals surface area (Å²) < 4.78 is 0. The molecular weight excluding hydrogens is 234 g/mol. The highest BCUT2D eigenvalue weighted by Gasteiger charge is 2.28. The van der Waals surface area contributed by atoms with Gasteiger partial charge >= 0.3 is 0 Å². The van der Waals surface area contributed by atoms with Gasteiger partial charge in [-0.05, 0) is 50.6 Å². The van der Waals surface area contributed by atoms with Crippen LogP contribution in [0.15, 0.2) is 24.3 Å². The van der Waals surface area contributed by atoms with Gasteiger partial charge in [-0.25, -0.2) is 0 Å². The Kier molecular flexibility index (Phi) is 4.04. The van der Waals surface area contributed by atoms with Crippen LogP contribution in [0.3, 0.4) is 0 Å². The SMILES string of the molecule is CNCc1ccc(N2CCCN3CCCC3C2)cc1. The normalized spacial score (nSPS) is 24.3. The lowest BCUT2D eigenvalue weighted by Gasteiger charge is -2.27. The van der Waals surface area contributed by atoms with Crippen molar-refractivity contribution in [1.29, 1.82) is 0 Å². The standard InChI is InChI=1S/C16H25N3/c1-17-12-14-5-7-15(8-6-14)19-11-3-10-18-9-2-4-16(18)13-19/h5-8,16-17H,2-4,9-13H2,1H3. The van der Waals surface area contributed by atoms with E-state index in [0.29, 0.717) is 0 Å². The average Bonchev–Trinajstić information content (AvgIpc) is 2.77. The van der Waals surface area contributed by atoms with Crippen molar-refractivity contribution in [2.75, 3.05) is 38.1 Å². The number of fused-ring (bicyclic) bond motifs is 1. The molecule has 0 saturated carbocycles. The largest absolute Gasteiger partial charge is 0.370 e. The van der Waals surface area contributed by atoms with Crippen molar-refractivity contribution in [2.24, 2.45) is 0 Å². The number of hydrogen-bond donors (Lipinski definition) is 1. The summed E-state index contributed by atoms with van der Waals surface area (Å²) in [6, 6.07) is 9.88. The zero-order chi connectivity index (χ0) is 13.1. The first kappa shape index (κ1) is 12.9. The molecule has 1 aromatic rings. The zero-order valence-corrected chi connectivity index (χ0v) is 11.9. The third-order valence-corrected chi connectivity index (χ3v) is 4.49. The highest BCUT2D eigenvalue weighted by Crippen LogP contribution is 2.25. The van der Waals surface area contributed by atoms with E-state index in [-0.39, 0.29) is 0 Å². The molecule has 2 fully saturated rings. The molecule has 1 unspecified atom stereocenters. The molecule has 3 heteroatoms. The molecule has 1 atom stereocenters. The predicted octanol–water partition coefficient (Wildman–Crippen LogP) is 2.08. The Labute approximate surface area is 116 Å². The van der Waals surface area contributed by atoms with E-state index in [2.05, 4.69) is 39.4 Å². The molecule has 3 rings (SSSR count). The molecule has 2 heterocycles. The molecule has 2 aliphatic heterocycles. The first-order chi connectivity index (χ1) is 9.36. The van der Waals surface area contributed by atoms with Gasteiger partial charge in [0, 0.05) is 37.9 Å². The number of rotatable bonds is 3. The summed E-state index contributed by atoms with van der Waals surface area (Å²) in [7, 11) is 2.00. The molecule has 2 aliphatic rings. The monoisotopic (exact) mass is 259 g/mol. The second kappa shape index (κ2) is 5.93. The maximum absolute atomic E-state index is 3.20. The minimum Gasteiger partial charge on any atom is -0.370 e. The van der Waals surface area contributed by atoms with E-state index in [0.717, 1.165) is 12.6 Å². The summed E-state index contributed by atoms with van der Waals surface area (Å²) in [4.78, 5) is 5.27. The molecular formula is C16H25N3. The van der Waals surface area contributed by atoms with Crippen molar-refractivity contribution in [2.45, 2.75) is 31.8 Å². The van der Waals surface area contributed by atoms with Crippen LogP contribution in [0.2, 0.25) is 0 Å². The Morgan fingerprint density at radius 1 is 1.11 bits per heavy atom. The van der Waals surface area contributed by atoms with E-state index in [1.807, 2.05) is 7.05 Å². The number of anilines is 1. The lowest BCUT2D eigenvalue weighted by molar-refractivity contribution is 0.273. The van der Waals surface area contributed by atoms with E-state index >= 15 is 0 Å². The van der Waals surface area contributed by atoms with Gasteiger partial charge in [0.1, 0.15) is 0 Å². The number of benzene rings is 1. The first-order valence-corrected chi connectivity index (χ1v) is 7.59. The first-order valence-electron chi connectivity index (χ1n) is 7.59. The second-order valence-corrected chi connectivity index (χ2v) is 5.83. The van der Waals surface area contributed by atoms with Gasteiger partial charge in [0.25, 0.3) is 0 Å². The van der Waals surface area contributed by atoms with Crippen molar-refractivity contribution in [1.82, 2.24) is 10.2 Å². The number of nitrogens with one attached hydrogen (secondary N) is 1. The molecule has 1 aromatic carbocycles. The lowest BCUT2D eigenvalue weighted by atomic mass is 10.1. The van der Waals surface area contributed by atoms with E-state index in [9.17, 15) is 0 Å².